The lowest BCUT2D eigenvalue weighted by Crippen LogP contribution is -2.32. The number of rotatable bonds is 5. The summed E-state index contributed by atoms with van der Waals surface area (Å²) >= 11 is 5.19. The van der Waals surface area contributed by atoms with Crippen molar-refractivity contribution in [2.24, 2.45) is 0 Å². The molecule has 0 aliphatic rings. The van der Waals surface area contributed by atoms with Gasteiger partial charge in [-0.1, -0.05) is 30.3 Å². The highest BCUT2D eigenvalue weighted by Crippen LogP contribution is 2.03. The van der Waals surface area contributed by atoms with Gasteiger partial charge in [-0.15, -0.1) is 0 Å². The Morgan fingerprint density at radius 2 is 1.94 bits per heavy atom. The molecule has 0 spiro atoms. The first-order valence-electron chi connectivity index (χ1n) is 4.73. The summed E-state index contributed by atoms with van der Waals surface area (Å²) in [5.74, 6) is -0.357. The summed E-state index contributed by atoms with van der Waals surface area (Å²) in [6, 6.07) is 9.34. The first-order chi connectivity index (χ1) is 7.59. The predicted molar refractivity (Wildman–Crippen MR) is 59.5 cm³/mol. The van der Waals surface area contributed by atoms with Gasteiger partial charge in [-0.3, -0.25) is 14.4 Å². The van der Waals surface area contributed by atoms with Gasteiger partial charge in [-0.05, 0) is 17.2 Å². The Balaban J connectivity index is 2.50. The third-order valence-electron chi connectivity index (χ3n) is 1.85. The van der Waals surface area contributed by atoms with Crippen molar-refractivity contribution in [3.05, 3.63) is 35.9 Å². The number of hydrogen-bond donors (Lipinski definition) is 0. The van der Waals surface area contributed by atoms with Crippen LogP contribution in [0.2, 0.25) is 0 Å². The second-order valence-electron chi connectivity index (χ2n) is 3.17. The molecule has 0 atom stereocenters. The number of benzene rings is 1. The molecule has 0 saturated carbocycles. The number of hydrogen-bond acceptors (Lipinski definition) is 3. The quantitative estimate of drug-likeness (QED) is 0.583. The molecule has 16 heavy (non-hydrogen) atoms. The maximum absolute atomic E-state index is 11.1. The van der Waals surface area contributed by atoms with E-state index in [0.29, 0.717) is 0 Å². The van der Waals surface area contributed by atoms with Gasteiger partial charge < -0.3 is 0 Å². The Hall–Kier alpha value is -1.39. The first kappa shape index (κ1) is 12.7. The Bertz CT molecular complexity index is 367. The summed E-state index contributed by atoms with van der Waals surface area (Å²) in [5, 5.41) is 0.311. The van der Waals surface area contributed by atoms with E-state index in [9.17, 15) is 9.59 Å². The van der Waals surface area contributed by atoms with Crippen molar-refractivity contribution in [3.8, 4) is 0 Å². The number of hydroxylamine groups is 2. The Morgan fingerprint density at radius 1 is 1.31 bits per heavy atom. The summed E-state index contributed by atoms with van der Waals surface area (Å²) < 4.78 is 0. The molecule has 0 radical (unpaired) electrons. The fourth-order valence-corrected chi connectivity index (χ4v) is 1.20. The molecular formula is C11H12ClNO3. The van der Waals surface area contributed by atoms with E-state index in [-0.39, 0.29) is 19.1 Å². The minimum absolute atomic E-state index is 0.227. The molecule has 0 aromatic heterocycles. The van der Waals surface area contributed by atoms with Crippen LogP contribution in [0.25, 0.3) is 0 Å². The molecule has 0 heterocycles. The van der Waals surface area contributed by atoms with Crippen LogP contribution in [0.15, 0.2) is 30.3 Å². The molecule has 1 aromatic rings. The van der Waals surface area contributed by atoms with Crippen LogP contribution in [0, 0.1) is 0 Å². The van der Waals surface area contributed by atoms with Crippen LogP contribution in [0.5, 0.6) is 0 Å². The Labute approximate surface area is 98.7 Å². The lowest BCUT2D eigenvalue weighted by atomic mass is 10.2. The average molecular weight is 242 g/mol. The molecule has 0 aliphatic heterocycles. The highest BCUT2D eigenvalue weighted by atomic mass is 35.5. The number of halogens is 1. The summed E-state index contributed by atoms with van der Waals surface area (Å²) in [6.07, 6.45) is 0. The predicted octanol–water partition coefficient (Wildman–Crippen LogP) is 1.73. The number of carbonyl (C=O) groups is 2. The fourth-order valence-electron chi connectivity index (χ4n) is 1.09. The molecule has 0 N–H and O–H groups in total. The van der Waals surface area contributed by atoms with Gasteiger partial charge in [0.05, 0.1) is 0 Å². The molecule has 0 fully saturated rings. The standard InChI is InChI=1S/C11H12ClNO3/c1-9(14)13(7-11(12)15)16-8-10-5-3-2-4-6-10/h2-6H,7-8H2,1H3. The zero-order valence-electron chi connectivity index (χ0n) is 8.85. The van der Waals surface area contributed by atoms with Gasteiger partial charge in [-0.2, -0.15) is 0 Å². The van der Waals surface area contributed by atoms with E-state index in [0.717, 1.165) is 10.6 Å². The van der Waals surface area contributed by atoms with E-state index >= 15 is 0 Å². The fraction of sp³-hybridized carbons (Fsp3) is 0.273. The van der Waals surface area contributed by atoms with Crippen LogP contribution in [-0.2, 0) is 21.0 Å². The number of amides is 1. The zero-order valence-corrected chi connectivity index (χ0v) is 9.61. The third kappa shape index (κ3) is 4.42. The second-order valence-corrected chi connectivity index (χ2v) is 3.59. The van der Waals surface area contributed by atoms with Crippen molar-refractivity contribution >= 4 is 22.8 Å². The SMILES string of the molecule is CC(=O)N(CC(=O)Cl)OCc1ccccc1. The van der Waals surface area contributed by atoms with Crippen molar-refractivity contribution in [2.75, 3.05) is 6.54 Å². The number of nitrogens with zero attached hydrogens (tertiary/aromatic N) is 1. The van der Waals surface area contributed by atoms with Crippen molar-refractivity contribution in [2.45, 2.75) is 13.5 Å². The number of carbonyl (C=O) groups excluding carboxylic acids is 2. The van der Waals surface area contributed by atoms with E-state index in [2.05, 4.69) is 0 Å². The van der Waals surface area contributed by atoms with Gasteiger partial charge >= 0.3 is 0 Å². The normalized spacial score (nSPS) is 9.88. The molecule has 1 aromatic carbocycles. The monoisotopic (exact) mass is 241 g/mol. The molecule has 1 rings (SSSR count). The molecule has 0 saturated heterocycles. The van der Waals surface area contributed by atoms with Crippen LogP contribution < -0.4 is 0 Å². The molecule has 86 valence electrons. The van der Waals surface area contributed by atoms with Crippen molar-refractivity contribution < 1.29 is 14.4 Å². The van der Waals surface area contributed by atoms with E-state index in [1.165, 1.54) is 6.92 Å². The first-order valence-corrected chi connectivity index (χ1v) is 5.10. The minimum Gasteiger partial charge on any atom is -0.279 e. The average Bonchev–Trinajstić information content (AvgIpc) is 2.25. The zero-order chi connectivity index (χ0) is 12.0. The lowest BCUT2D eigenvalue weighted by molar-refractivity contribution is -0.189. The summed E-state index contributed by atoms with van der Waals surface area (Å²) in [4.78, 5) is 26.9. The van der Waals surface area contributed by atoms with Crippen LogP contribution in [0.1, 0.15) is 12.5 Å². The smallest absolute Gasteiger partial charge is 0.243 e. The molecule has 0 bridgehead atoms. The van der Waals surface area contributed by atoms with Gasteiger partial charge in [0.15, 0.2) is 0 Å². The van der Waals surface area contributed by atoms with Gasteiger partial charge in [0.2, 0.25) is 11.1 Å². The largest absolute Gasteiger partial charge is 0.279 e. The molecule has 0 unspecified atom stereocenters. The van der Waals surface area contributed by atoms with Gasteiger partial charge in [0.1, 0.15) is 13.2 Å². The Morgan fingerprint density at radius 3 is 2.44 bits per heavy atom. The molecular weight excluding hydrogens is 230 g/mol. The van der Waals surface area contributed by atoms with Gasteiger partial charge in [0, 0.05) is 6.92 Å². The van der Waals surface area contributed by atoms with Crippen LogP contribution >= 0.6 is 11.6 Å². The molecule has 4 nitrogen and oxygen atoms in total. The van der Waals surface area contributed by atoms with Gasteiger partial charge in [-0.25, -0.2) is 5.06 Å². The highest BCUT2D eigenvalue weighted by Gasteiger charge is 2.12. The van der Waals surface area contributed by atoms with Gasteiger partial charge in [0.25, 0.3) is 0 Å². The van der Waals surface area contributed by atoms with Crippen molar-refractivity contribution in [1.29, 1.82) is 0 Å². The van der Waals surface area contributed by atoms with Crippen LogP contribution in [0.3, 0.4) is 0 Å². The van der Waals surface area contributed by atoms with Crippen LogP contribution in [-0.4, -0.2) is 22.8 Å². The van der Waals surface area contributed by atoms with E-state index in [1.54, 1.807) is 0 Å². The summed E-state index contributed by atoms with van der Waals surface area (Å²) in [7, 11) is 0. The maximum atomic E-state index is 11.1. The summed E-state index contributed by atoms with van der Waals surface area (Å²) in [5.41, 5.74) is 0.913. The molecule has 1 amide bonds. The van der Waals surface area contributed by atoms with E-state index in [1.807, 2.05) is 30.3 Å². The maximum Gasteiger partial charge on any atom is 0.243 e. The lowest BCUT2D eigenvalue weighted by Gasteiger charge is -2.18. The van der Waals surface area contributed by atoms with E-state index < -0.39 is 5.24 Å². The van der Waals surface area contributed by atoms with Crippen LogP contribution in [0.4, 0.5) is 0 Å². The van der Waals surface area contributed by atoms with Crippen molar-refractivity contribution in [3.63, 3.8) is 0 Å². The molecule has 0 aliphatic carbocycles. The third-order valence-corrected chi connectivity index (χ3v) is 1.97. The Kier molecular flexibility index (Phi) is 4.95. The topological polar surface area (TPSA) is 46.6 Å². The minimum atomic E-state index is -0.636. The second kappa shape index (κ2) is 6.25. The summed E-state index contributed by atoms with van der Waals surface area (Å²) in [6.45, 7) is 1.29. The highest BCUT2D eigenvalue weighted by molar-refractivity contribution is 6.64. The van der Waals surface area contributed by atoms with E-state index in [4.69, 9.17) is 16.4 Å². The van der Waals surface area contributed by atoms with Crippen molar-refractivity contribution in [1.82, 2.24) is 5.06 Å². The molecule has 5 heteroatoms.